The Labute approximate surface area is 175 Å². The molecule has 154 valence electrons. The number of benzene rings is 1. The lowest BCUT2D eigenvalue weighted by atomic mass is 10.1. The molecular weight excluding hydrogens is 376 g/mol. The van der Waals surface area contributed by atoms with Gasteiger partial charge in [0.25, 0.3) is 0 Å². The first-order valence-corrected chi connectivity index (χ1v) is 10.3. The lowest BCUT2D eigenvalue weighted by Crippen LogP contribution is -2.44. The summed E-state index contributed by atoms with van der Waals surface area (Å²) in [5.74, 6) is 1.66. The fraction of sp³-hybridized carbons (Fsp3) is 0.348. The zero-order valence-corrected chi connectivity index (χ0v) is 17.8. The van der Waals surface area contributed by atoms with Crippen LogP contribution in [0.4, 0.5) is 5.82 Å². The van der Waals surface area contributed by atoms with Crippen LogP contribution in [0.3, 0.4) is 0 Å². The van der Waals surface area contributed by atoms with Crippen LogP contribution < -0.4 is 4.90 Å². The van der Waals surface area contributed by atoms with E-state index in [1.54, 1.807) is 0 Å². The van der Waals surface area contributed by atoms with Crippen molar-refractivity contribution >= 4 is 16.7 Å². The van der Waals surface area contributed by atoms with E-state index in [1.807, 2.05) is 30.9 Å². The molecule has 1 aromatic carbocycles. The predicted molar refractivity (Wildman–Crippen MR) is 119 cm³/mol. The van der Waals surface area contributed by atoms with Crippen molar-refractivity contribution in [2.75, 3.05) is 24.7 Å². The van der Waals surface area contributed by atoms with Crippen molar-refractivity contribution in [2.45, 2.75) is 26.8 Å². The summed E-state index contributed by atoms with van der Waals surface area (Å²) in [4.78, 5) is 15.6. The molecule has 4 heterocycles. The van der Waals surface area contributed by atoms with Gasteiger partial charge in [-0.3, -0.25) is 4.68 Å². The Balaban J connectivity index is 1.74. The third kappa shape index (κ3) is 3.06. The number of fused-ring (bicyclic) bond motifs is 1. The third-order valence-corrected chi connectivity index (χ3v) is 5.98. The van der Waals surface area contributed by atoms with Crippen LogP contribution in [0.15, 0.2) is 36.5 Å². The highest BCUT2D eigenvalue weighted by Crippen LogP contribution is 2.33. The van der Waals surface area contributed by atoms with E-state index in [4.69, 9.17) is 14.7 Å². The van der Waals surface area contributed by atoms with Gasteiger partial charge in [-0.1, -0.05) is 12.1 Å². The lowest BCUT2D eigenvalue weighted by Gasteiger charge is -2.34. The Bertz CT molecular complexity index is 1220. The molecule has 1 aliphatic rings. The van der Waals surface area contributed by atoms with E-state index in [0.29, 0.717) is 13.2 Å². The number of morpholine rings is 1. The summed E-state index contributed by atoms with van der Waals surface area (Å²) in [6, 6.07) is 10.6. The molecule has 0 aliphatic carbocycles. The SMILES string of the molecule is Cc1nn(C)c(C)c1-c1cc(N2CCOC[C@H]2C)nc(-c2cccc3[nH]ccc23)n1. The van der Waals surface area contributed by atoms with Crippen LogP contribution >= 0.6 is 0 Å². The van der Waals surface area contributed by atoms with Crippen molar-refractivity contribution in [1.82, 2.24) is 24.7 Å². The van der Waals surface area contributed by atoms with Gasteiger partial charge in [0.1, 0.15) is 5.82 Å². The second-order valence-corrected chi connectivity index (χ2v) is 7.97. The average molecular weight is 403 g/mol. The van der Waals surface area contributed by atoms with Gasteiger partial charge in [-0.2, -0.15) is 5.10 Å². The van der Waals surface area contributed by atoms with Crippen molar-refractivity contribution in [1.29, 1.82) is 0 Å². The van der Waals surface area contributed by atoms with Crippen LogP contribution in [0.1, 0.15) is 18.3 Å². The van der Waals surface area contributed by atoms with Crippen LogP contribution in [0.5, 0.6) is 0 Å². The molecule has 1 N–H and O–H groups in total. The molecule has 4 aromatic rings. The molecule has 3 aromatic heterocycles. The van der Waals surface area contributed by atoms with E-state index in [9.17, 15) is 0 Å². The number of hydrogen-bond acceptors (Lipinski definition) is 5. The minimum Gasteiger partial charge on any atom is -0.377 e. The van der Waals surface area contributed by atoms with Gasteiger partial charge in [-0.05, 0) is 32.9 Å². The Kier molecular flexibility index (Phi) is 4.55. The maximum absolute atomic E-state index is 5.65. The number of anilines is 1. The van der Waals surface area contributed by atoms with Crippen LogP contribution in [0, 0.1) is 13.8 Å². The largest absolute Gasteiger partial charge is 0.377 e. The normalized spacial score (nSPS) is 17.1. The van der Waals surface area contributed by atoms with Crippen LogP contribution in [-0.2, 0) is 11.8 Å². The molecule has 0 unspecified atom stereocenters. The fourth-order valence-electron chi connectivity index (χ4n) is 4.32. The quantitative estimate of drug-likeness (QED) is 0.563. The summed E-state index contributed by atoms with van der Waals surface area (Å²) in [6.45, 7) is 8.52. The van der Waals surface area contributed by atoms with Gasteiger partial charge in [0, 0.05) is 53.6 Å². The first kappa shape index (κ1) is 18.8. The van der Waals surface area contributed by atoms with Crippen molar-refractivity contribution in [3.05, 3.63) is 47.9 Å². The molecule has 7 nitrogen and oxygen atoms in total. The maximum Gasteiger partial charge on any atom is 0.162 e. The molecule has 1 fully saturated rings. The first-order valence-electron chi connectivity index (χ1n) is 10.3. The predicted octanol–water partition coefficient (Wildman–Crippen LogP) is 3.87. The van der Waals surface area contributed by atoms with Gasteiger partial charge in [0.2, 0.25) is 0 Å². The standard InChI is InChI=1S/C23H26N6O/c1-14-13-30-11-10-29(14)21-12-20(22-15(2)27-28(4)16(22)3)25-23(26-21)18-6-5-7-19-17(18)8-9-24-19/h5-9,12,14,24H,10-11,13H2,1-4H3/t14-/m1/s1. The van der Waals surface area contributed by atoms with Crippen molar-refractivity contribution in [3.8, 4) is 22.6 Å². The van der Waals surface area contributed by atoms with Gasteiger partial charge >= 0.3 is 0 Å². The number of rotatable bonds is 3. The molecule has 1 saturated heterocycles. The molecule has 0 radical (unpaired) electrons. The fourth-order valence-corrected chi connectivity index (χ4v) is 4.32. The highest BCUT2D eigenvalue weighted by Gasteiger charge is 2.24. The third-order valence-electron chi connectivity index (χ3n) is 5.98. The molecule has 0 spiro atoms. The van der Waals surface area contributed by atoms with Crippen LogP contribution in [-0.4, -0.2) is 50.5 Å². The number of ether oxygens (including phenoxy) is 1. The van der Waals surface area contributed by atoms with E-state index in [2.05, 4.69) is 53.1 Å². The number of aromatic amines is 1. The summed E-state index contributed by atoms with van der Waals surface area (Å²) in [6.07, 6.45) is 1.96. The maximum atomic E-state index is 5.65. The number of nitrogens with zero attached hydrogens (tertiary/aromatic N) is 5. The average Bonchev–Trinajstić information content (AvgIpc) is 3.32. The minimum atomic E-state index is 0.258. The van der Waals surface area contributed by atoms with Gasteiger partial charge in [-0.15, -0.1) is 0 Å². The van der Waals surface area contributed by atoms with Crippen LogP contribution in [0.25, 0.3) is 33.5 Å². The van der Waals surface area contributed by atoms with Crippen LogP contribution in [0.2, 0.25) is 0 Å². The van der Waals surface area contributed by atoms with Gasteiger partial charge in [0.05, 0.1) is 30.6 Å². The van der Waals surface area contributed by atoms with E-state index in [1.165, 1.54) is 0 Å². The summed E-state index contributed by atoms with van der Waals surface area (Å²) in [7, 11) is 1.97. The number of hydrogen-bond donors (Lipinski definition) is 1. The zero-order valence-electron chi connectivity index (χ0n) is 17.8. The molecule has 7 heteroatoms. The second-order valence-electron chi connectivity index (χ2n) is 7.97. The van der Waals surface area contributed by atoms with Gasteiger partial charge < -0.3 is 14.6 Å². The summed E-state index contributed by atoms with van der Waals surface area (Å²) >= 11 is 0. The molecule has 0 saturated carbocycles. The van der Waals surface area contributed by atoms with Gasteiger partial charge in [0.15, 0.2) is 5.82 Å². The Morgan fingerprint density at radius 2 is 2.03 bits per heavy atom. The smallest absolute Gasteiger partial charge is 0.162 e. The second kappa shape index (κ2) is 7.25. The van der Waals surface area contributed by atoms with E-state index in [-0.39, 0.29) is 6.04 Å². The number of H-pyrrole nitrogens is 1. The highest BCUT2D eigenvalue weighted by atomic mass is 16.5. The number of aryl methyl sites for hydroxylation is 2. The minimum absolute atomic E-state index is 0.258. The van der Waals surface area contributed by atoms with E-state index in [0.717, 1.165) is 57.3 Å². The molecule has 0 bridgehead atoms. The van der Waals surface area contributed by atoms with Crippen molar-refractivity contribution in [2.24, 2.45) is 7.05 Å². The zero-order chi connectivity index (χ0) is 20.8. The first-order chi connectivity index (χ1) is 14.5. The number of nitrogens with one attached hydrogen (secondary N) is 1. The van der Waals surface area contributed by atoms with E-state index >= 15 is 0 Å². The lowest BCUT2D eigenvalue weighted by molar-refractivity contribution is 0.0985. The highest BCUT2D eigenvalue weighted by molar-refractivity contribution is 5.93. The summed E-state index contributed by atoms with van der Waals surface area (Å²) in [5, 5.41) is 5.73. The molecule has 30 heavy (non-hydrogen) atoms. The molecule has 1 atom stereocenters. The van der Waals surface area contributed by atoms with Crippen molar-refractivity contribution < 1.29 is 4.74 Å². The molecule has 5 rings (SSSR count). The molecule has 0 amide bonds. The monoisotopic (exact) mass is 402 g/mol. The summed E-state index contributed by atoms with van der Waals surface area (Å²) < 4.78 is 7.56. The van der Waals surface area contributed by atoms with E-state index < -0.39 is 0 Å². The Morgan fingerprint density at radius 1 is 1.17 bits per heavy atom. The number of aromatic nitrogens is 5. The molecular formula is C23H26N6O. The Morgan fingerprint density at radius 3 is 2.80 bits per heavy atom. The summed E-state index contributed by atoms with van der Waals surface area (Å²) in [5.41, 5.74) is 6.15. The molecule has 1 aliphatic heterocycles. The Hall–Kier alpha value is -3.19. The topological polar surface area (TPSA) is 71.9 Å². The van der Waals surface area contributed by atoms with Gasteiger partial charge in [-0.25, -0.2) is 9.97 Å². The van der Waals surface area contributed by atoms with Crippen molar-refractivity contribution in [3.63, 3.8) is 0 Å².